The number of nitrogens with zero attached hydrogens (tertiary/aromatic N) is 5. The number of hydrogen-bond donors (Lipinski definition) is 0. The number of aromatic nitrogens is 4. The van der Waals surface area contributed by atoms with Crippen LogP contribution < -0.4 is 0 Å². The standard InChI is InChI=1S/C51H33N5/c1-51(52-2)45-26-24-35-14-9-10-18-43(35)47(45)44-25-23-38(31-46(44)51)40-28-41(39-17-11-27-53-32-39)30-42(29-40)50-55-48(36-15-7-4-8-16-36)54-49(56-50)37-21-19-34(20-22-37)33-12-5-3-6-13-33/h3-32H,1H3. The van der Waals surface area contributed by atoms with E-state index in [1.54, 1.807) is 6.20 Å². The van der Waals surface area contributed by atoms with E-state index < -0.39 is 5.54 Å². The highest BCUT2D eigenvalue weighted by molar-refractivity contribution is 6.03. The van der Waals surface area contributed by atoms with Crippen molar-refractivity contribution in [1.82, 2.24) is 19.9 Å². The second-order valence-corrected chi connectivity index (χ2v) is 14.3. The van der Waals surface area contributed by atoms with Crippen LogP contribution in [0.3, 0.4) is 0 Å². The molecular formula is C51H33N5. The Morgan fingerprint density at radius 2 is 1.00 bits per heavy atom. The molecule has 10 rings (SSSR count). The highest BCUT2D eigenvalue weighted by atomic mass is 15.0. The summed E-state index contributed by atoms with van der Waals surface area (Å²) in [7, 11) is 0. The largest absolute Gasteiger partial charge is 0.300 e. The fourth-order valence-corrected chi connectivity index (χ4v) is 7.99. The maximum Gasteiger partial charge on any atom is 0.281 e. The molecule has 9 aromatic rings. The van der Waals surface area contributed by atoms with Crippen LogP contribution in [0.5, 0.6) is 0 Å². The highest BCUT2D eigenvalue weighted by Crippen LogP contribution is 2.53. The van der Waals surface area contributed by atoms with E-state index in [0.717, 1.165) is 72.3 Å². The summed E-state index contributed by atoms with van der Waals surface area (Å²) in [4.78, 5) is 24.0. The Labute approximate surface area is 325 Å². The lowest BCUT2D eigenvalue weighted by Crippen LogP contribution is -2.15. The number of rotatable bonds is 6. The average Bonchev–Trinajstić information content (AvgIpc) is 3.54. The fourth-order valence-electron chi connectivity index (χ4n) is 7.99. The maximum absolute atomic E-state index is 8.47. The second kappa shape index (κ2) is 13.4. The second-order valence-electron chi connectivity index (χ2n) is 14.3. The molecule has 0 spiro atoms. The van der Waals surface area contributed by atoms with Crippen LogP contribution >= 0.6 is 0 Å². The third kappa shape index (κ3) is 5.64. The topological polar surface area (TPSA) is 55.9 Å². The molecule has 0 aliphatic heterocycles. The highest BCUT2D eigenvalue weighted by Gasteiger charge is 2.46. The van der Waals surface area contributed by atoms with E-state index >= 15 is 0 Å². The van der Waals surface area contributed by atoms with Gasteiger partial charge in [0.25, 0.3) is 5.54 Å². The van der Waals surface area contributed by atoms with Gasteiger partial charge in [-0.1, -0.05) is 133 Å². The van der Waals surface area contributed by atoms with Gasteiger partial charge in [0.05, 0.1) is 0 Å². The maximum atomic E-state index is 8.47. The van der Waals surface area contributed by atoms with Gasteiger partial charge in [0, 0.05) is 58.3 Å². The summed E-state index contributed by atoms with van der Waals surface area (Å²) in [6.07, 6.45) is 3.67. The summed E-state index contributed by atoms with van der Waals surface area (Å²) < 4.78 is 0. The monoisotopic (exact) mass is 715 g/mol. The van der Waals surface area contributed by atoms with Gasteiger partial charge in [-0.15, -0.1) is 0 Å². The molecule has 0 radical (unpaired) electrons. The number of benzene rings is 7. The molecule has 0 saturated carbocycles. The molecular weight excluding hydrogens is 683 g/mol. The summed E-state index contributed by atoms with van der Waals surface area (Å²) in [6, 6.07) is 58.6. The average molecular weight is 716 g/mol. The lowest BCUT2D eigenvalue weighted by atomic mass is 9.88. The van der Waals surface area contributed by atoms with Gasteiger partial charge in [-0.05, 0) is 80.6 Å². The molecule has 0 N–H and O–H groups in total. The zero-order valence-electron chi connectivity index (χ0n) is 30.6. The third-order valence-corrected chi connectivity index (χ3v) is 10.9. The molecule has 2 aromatic heterocycles. The summed E-state index contributed by atoms with van der Waals surface area (Å²) in [5.74, 6) is 1.76. The van der Waals surface area contributed by atoms with Crippen molar-refractivity contribution in [3.8, 4) is 78.7 Å². The van der Waals surface area contributed by atoms with Gasteiger partial charge in [-0.25, -0.2) is 21.5 Å². The van der Waals surface area contributed by atoms with Crippen molar-refractivity contribution in [3.05, 3.63) is 205 Å². The van der Waals surface area contributed by atoms with Crippen LogP contribution in [0.2, 0.25) is 0 Å². The number of hydrogen-bond acceptors (Lipinski definition) is 4. The first-order valence-corrected chi connectivity index (χ1v) is 18.7. The number of pyridine rings is 1. The summed E-state index contributed by atoms with van der Waals surface area (Å²) >= 11 is 0. The van der Waals surface area contributed by atoms with E-state index in [-0.39, 0.29) is 0 Å². The zero-order chi connectivity index (χ0) is 37.6. The van der Waals surface area contributed by atoms with Gasteiger partial charge in [0.1, 0.15) is 0 Å². The molecule has 5 nitrogen and oxygen atoms in total. The van der Waals surface area contributed by atoms with Crippen molar-refractivity contribution < 1.29 is 0 Å². The molecule has 56 heavy (non-hydrogen) atoms. The Kier molecular flexibility index (Phi) is 7.90. The molecule has 5 heteroatoms. The van der Waals surface area contributed by atoms with Crippen molar-refractivity contribution in [3.63, 3.8) is 0 Å². The third-order valence-electron chi connectivity index (χ3n) is 10.9. The first kappa shape index (κ1) is 33.1. The van der Waals surface area contributed by atoms with Crippen LogP contribution in [0.1, 0.15) is 18.1 Å². The Hall–Kier alpha value is -7.55. The van der Waals surface area contributed by atoms with Crippen LogP contribution in [0.4, 0.5) is 0 Å². The lowest BCUT2D eigenvalue weighted by Gasteiger charge is -2.15. The first-order valence-electron chi connectivity index (χ1n) is 18.7. The molecule has 1 atom stereocenters. The van der Waals surface area contributed by atoms with Crippen LogP contribution in [0, 0.1) is 6.57 Å². The van der Waals surface area contributed by atoms with E-state index in [2.05, 4.69) is 137 Å². The Bertz CT molecular complexity index is 2970. The minimum absolute atomic E-state index is 0.569. The molecule has 7 aromatic carbocycles. The Balaban J connectivity index is 1.15. The quantitative estimate of drug-likeness (QED) is 0.161. The van der Waals surface area contributed by atoms with Gasteiger partial charge in [-0.2, -0.15) is 0 Å². The van der Waals surface area contributed by atoms with Gasteiger partial charge >= 0.3 is 0 Å². The number of fused-ring (bicyclic) bond motifs is 5. The van der Waals surface area contributed by atoms with Crippen LogP contribution in [-0.2, 0) is 5.54 Å². The summed E-state index contributed by atoms with van der Waals surface area (Å²) in [5, 5.41) is 2.34. The normalized spacial score (nSPS) is 14.2. The molecule has 262 valence electrons. The Morgan fingerprint density at radius 3 is 1.70 bits per heavy atom. The van der Waals surface area contributed by atoms with Crippen molar-refractivity contribution in [2.45, 2.75) is 12.5 Å². The van der Waals surface area contributed by atoms with Crippen LogP contribution in [-0.4, -0.2) is 19.9 Å². The van der Waals surface area contributed by atoms with Crippen molar-refractivity contribution in [2.24, 2.45) is 0 Å². The van der Waals surface area contributed by atoms with Gasteiger partial charge in [0.2, 0.25) is 0 Å². The van der Waals surface area contributed by atoms with E-state index in [9.17, 15) is 0 Å². The van der Waals surface area contributed by atoms with Crippen molar-refractivity contribution >= 4 is 10.8 Å². The van der Waals surface area contributed by atoms with E-state index in [4.69, 9.17) is 21.5 Å². The van der Waals surface area contributed by atoms with E-state index in [1.807, 2.05) is 55.6 Å². The van der Waals surface area contributed by atoms with Gasteiger partial charge in [-0.3, -0.25) is 4.98 Å². The lowest BCUT2D eigenvalue weighted by molar-refractivity contribution is 0.742. The molecule has 0 bridgehead atoms. The molecule has 0 fully saturated rings. The van der Waals surface area contributed by atoms with Gasteiger partial charge < -0.3 is 4.85 Å². The van der Waals surface area contributed by atoms with Crippen molar-refractivity contribution in [1.29, 1.82) is 0 Å². The smallest absolute Gasteiger partial charge is 0.281 e. The predicted molar refractivity (Wildman–Crippen MR) is 226 cm³/mol. The molecule has 2 heterocycles. The molecule has 1 aliphatic rings. The minimum atomic E-state index is -0.821. The van der Waals surface area contributed by atoms with E-state index in [1.165, 1.54) is 10.8 Å². The van der Waals surface area contributed by atoms with Crippen LogP contribution in [0.15, 0.2) is 182 Å². The summed E-state index contributed by atoms with van der Waals surface area (Å²) in [6.45, 7) is 10.5. The predicted octanol–water partition coefficient (Wildman–Crippen LogP) is 12.6. The zero-order valence-corrected chi connectivity index (χ0v) is 30.6. The Morgan fingerprint density at radius 1 is 0.446 bits per heavy atom. The molecule has 0 amide bonds. The van der Waals surface area contributed by atoms with Crippen molar-refractivity contribution in [2.75, 3.05) is 0 Å². The van der Waals surface area contributed by atoms with E-state index in [0.29, 0.717) is 17.5 Å². The SMILES string of the molecule is [C-]#[N+]C1(C)c2cc(-c3cc(-c4cccnc4)cc(-c4nc(-c5ccccc5)nc(-c5ccc(-c6ccccc6)cc5)n4)c3)ccc2-c2c1ccc1ccccc21. The molecule has 1 aliphatic carbocycles. The molecule has 1 unspecified atom stereocenters. The fraction of sp³-hybridized carbons (Fsp3) is 0.0392. The van der Waals surface area contributed by atoms with Crippen LogP contribution in [0.25, 0.3) is 94.3 Å². The first-order chi connectivity index (χ1) is 27.6. The molecule has 0 saturated heterocycles. The van der Waals surface area contributed by atoms with Gasteiger partial charge in [0.15, 0.2) is 17.5 Å². The minimum Gasteiger partial charge on any atom is -0.300 e. The summed E-state index contributed by atoms with van der Waals surface area (Å²) in [5.41, 5.74) is 12.4.